The molecule has 4 rings (SSSR count). The minimum atomic E-state index is -1.08. The number of carboxylic acids is 1. The number of anilines is 3. The van der Waals surface area contributed by atoms with Crippen molar-refractivity contribution in [3.63, 3.8) is 0 Å². The second-order valence-corrected chi connectivity index (χ2v) is 8.35. The maximum Gasteiger partial charge on any atom is 0.337 e. The summed E-state index contributed by atoms with van der Waals surface area (Å²) in [6.07, 6.45) is 1.55. The SMILES string of the molecule is Cc1nc(Nc2ccccc2C(=O)O)c(NCc2ncc(-c3cc(Cl)ccc3Cl)o2)c(OCCN)n1. The van der Waals surface area contributed by atoms with E-state index < -0.39 is 5.97 Å². The molecule has 0 radical (unpaired) electrons. The molecular formula is C24H22Cl2N6O4. The molecule has 186 valence electrons. The Morgan fingerprint density at radius 2 is 2.00 bits per heavy atom. The molecule has 0 aliphatic rings. The zero-order valence-electron chi connectivity index (χ0n) is 19.1. The first kappa shape index (κ1) is 25.2. The van der Waals surface area contributed by atoms with Crippen molar-refractivity contribution in [2.45, 2.75) is 13.5 Å². The van der Waals surface area contributed by atoms with Crippen LogP contribution in [-0.2, 0) is 6.54 Å². The fourth-order valence-electron chi connectivity index (χ4n) is 3.33. The number of carbonyl (C=O) groups is 1. The Morgan fingerprint density at radius 3 is 2.78 bits per heavy atom. The number of oxazole rings is 1. The van der Waals surface area contributed by atoms with Crippen LogP contribution in [0.5, 0.6) is 5.88 Å². The summed E-state index contributed by atoms with van der Waals surface area (Å²) in [6, 6.07) is 11.5. The van der Waals surface area contributed by atoms with E-state index in [-0.39, 0.29) is 31.1 Å². The number of aromatic carboxylic acids is 1. The Morgan fingerprint density at radius 1 is 1.19 bits per heavy atom. The first-order valence-electron chi connectivity index (χ1n) is 10.8. The molecule has 0 amide bonds. The van der Waals surface area contributed by atoms with Gasteiger partial charge in [-0.1, -0.05) is 35.3 Å². The molecule has 4 aromatic rings. The van der Waals surface area contributed by atoms with Gasteiger partial charge in [-0.05, 0) is 37.3 Å². The molecule has 10 nitrogen and oxygen atoms in total. The molecule has 5 N–H and O–H groups in total. The van der Waals surface area contributed by atoms with Gasteiger partial charge < -0.3 is 30.6 Å². The van der Waals surface area contributed by atoms with Crippen LogP contribution < -0.4 is 21.1 Å². The molecule has 0 aliphatic carbocycles. The first-order valence-corrected chi connectivity index (χ1v) is 11.6. The number of nitrogens with two attached hydrogens (primary N) is 1. The smallest absolute Gasteiger partial charge is 0.337 e. The van der Waals surface area contributed by atoms with Gasteiger partial charge in [0.1, 0.15) is 18.1 Å². The van der Waals surface area contributed by atoms with Crippen LogP contribution in [-0.4, -0.2) is 39.2 Å². The van der Waals surface area contributed by atoms with Crippen LogP contribution in [0.4, 0.5) is 17.2 Å². The maximum atomic E-state index is 11.7. The molecule has 2 heterocycles. The molecule has 0 unspecified atom stereocenters. The zero-order chi connectivity index (χ0) is 25.7. The summed E-state index contributed by atoms with van der Waals surface area (Å²) < 4.78 is 11.6. The summed E-state index contributed by atoms with van der Waals surface area (Å²) in [6.45, 7) is 2.32. The third-order valence-electron chi connectivity index (χ3n) is 4.92. The number of hydrogen-bond donors (Lipinski definition) is 4. The molecule has 0 spiro atoms. The third-order valence-corrected chi connectivity index (χ3v) is 5.48. The number of aryl methyl sites for hydroxylation is 1. The quantitative estimate of drug-likeness (QED) is 0.218. The molecule has 0 saturated heterocycles. The van der Waals surface area contributed by atoms with Crippen molar-refractivity contribution in [2.24, 2.45) is 5.73 Å². The number of benzene rings is 2. The molecule has 2 aromatic carbocycles. The van der Waals surface area contributed by atoms with Crippen LogP contribution in [0.3, 0.4) is 0 Å². The van der Waals surface area contributed by atoms with Crippen molar-refractivity contribution < 1.29 is 19.1 Å². The second-order valence-electron chi connectivity index (χ2n) is 7.51. The van der Waals surface area contributed by atoms with Gasteiger partial charge in [0.25, 0.3) is 0 Å². The summed E-state index contributed by atoms with van der Waals surface area (Å²) in [5, 5.41) is 16.8. The zero-order valence-corrected chi connectivity index (χ0v) is 20.6. The highest BCUT2D eigenvalue weighted by atomic mass is 35.5. The van der Waals surface area contributed by atoms with Gasteiger partial charge in [-0.15, -0.1) is 0 Å². The average molecular weight is 529 g/mol. The van der Waals surface area contributed by atoms with E-state index >= 15 is 0 Å². The van der Waals surface area contributed by atoms with Gasteiger partial charge in [0.15, 0.2) is 11.6 Å². The van der Waals surface area contributed by atoms with E-state index in [1.165, 1.54) is 6.07 Å². The minimum absolute atomic E-state index is 0.0832. The molecule has 0 aliphatic heterocycles. The molecule has 36 heavy (non-hydrogen) atoms. The van der Waals surface area contributed by atoms with Crippen molar-refractivity contribution in [1.82, 2.24) is 15.0 Å². The number of halogens is 2. The van der Waals surface area contributed by atoms with Crippen molar-refractivity contribution in [1.29, 1.82) is 0 Å². The lowest BCUT2D eigenvalue weighted by Gasteiger charge is -2.17. The Hall–Kier alpha value is -3.86. The number of nitrogens with one attached hydrogen (secondary N) is 2. The lowest BCUT2D eigenvalue weighted by molar-refractivity contribution is 0.0698. The summed E-state index contributed by atoms with van der Waals surface area (Å²) in [7, 11) is 0. The van der Waals surface area contributed by atoms with Crippen molar-refractivity contribution in [2.75, 3.05) is 23.8 Å². The summed E-state index contributed by atoms with van der Waals surface area (Å²) in [4.78, 5) is 24.8. The average Bonchev–Trinajstić information content (AvgIpc) is 3.32. The van der Waals surface area contributed by atoms with Gasteiger partial charge in [-0.25, -0.2) is 14.8 Å². The van der Waals surface area contributed by atoms with Gasteiger partial charge in [0.05, 0.1) is 29.0 Å². The maximum absolute atomic E-state index is 11.7. The number of carboxylic acid groups (broad SMARTS) is 1. The van der Waals surface area contributed by atoms with Gasteiger partial charge >= 0.3 is 5.97 Å². The Labute approximate surface area is 216 Å². The lowest BCUT2D eigenvalue weighted by atomic mass is 10.2. The van der Waals surface area contributed by atoms with E-state index in [2.05, 4.69) is 25.6 Å². The first-order chi connectivity index (χ1) is 17.4. The predicted octanol–water partition coefficient (Wildman–Crippen LogP) is 5.14. The van der Waals surface area contributed by atoms with Gasteiger partial charge in [0, 0.05) is 17.1 Å². The Bertz CT molecular complexity index is 1400. The lowest BCUT2D eigenvalue weighted by Crippen LogP contribution is -2.15. The topological polar surface area (TPSA) is 148 Å². The molecule has 0 saturated carbocycles. The van der Waals surface area contributed by atoms with Crippen LogP contribution in [0, 0.1) is 6.92 Å². The summed E-state index contributed by atoms with van der Waals surface area (Å²) >= 11 is 12.4. The fraction of sp³-hybridized carbons (Fsp3) is 0.167. The normalized spacial score (nSPS) is 10.8. The summed E-state index contributed by atoms with van der Waals surface area (Å²) in [5.74, 6) is 0.693. The molecular weight excluding hydrogens is 507 g/mol. The predicted molar refractivity (Wildman–Crippen MR) is 137 cm³/mol. The van der Waals surface area contributed by atoms with Crippen molar-refractivity contribution >= 4 is 46.4 Å². The molecule has 0 atom stereocenters. The highest BCUT2D eigenvalue weighted by Crippen LogP contribution is 2.34. The highest BCUT2D eigenvalue weighted by molar-refractivity contribution is 6.35. The van der Waals surface area contributed by atoms with Crippen LogP contribution in [0.2, 0.25) is 10.0 Å². The fourth-order valence-corrected chi connectivity index (χ4v) is 3.71. The van der Waals surface area contributed by atoms with E-state index in [1.807, 2.05) is 0 Å². The van der Waals surface area contributed by atoms with Crippen LogP contribution in [0.15, 0.2) is 53.1 Å². The van der Waals surface area contributed by atoms with E-state index in [0.29, 0.717) is 50.3 Å². The molecule has 0 bridgehead atoms. The molecule has 12 heteroatoms. The van der Waals surface area contributed by atoms with Crippen molar-refractivity contribution in [3.8, 4) is 17.2 Å². The Balaban J connectivity index is 1.65. The van der Waals surface area contributed by atoms with Crippen molar-refractivity contribution in [3.05, 3.63) is 76.0 Å². The number of hydrogen-bond acceptors (Lipinski definition) is 9. The minimum Gasteiger partial charge on any atom is -0.478 e. The van der Waals surface area contributed by atoms with Gasteiger partial charge in [-0.2, -0.15) is 4.98 Å². The Kier molecular flexibility index (Phi) is 7.89. The number of rotatable bonds is 10. The van der Waals surface area contributed by atoms with Gasteiger partial charge in [-0.3, -0.25) is 0 Å². The largest absolute Gasteiger partial charge is 0.478 e. The monoisotopic (exact) mass is 528 g/mol. The number of aromatic nitrogens is 3. The van der Waals surface area contributed by atoms with E-state index in [4.69, 9.17) is 38.1 Å². The number of ether oxygens (including phenoxy) is 1. The van der Waals surface area contributed by atoms with E-state index in [0.717, 1.165) is 0 Å². The number of nitrogens with zero attached hydrogens (tertiary/aromatic N) is 3. The third kappa shape index (κ3) is 5.85. The standard InChI is InChI=1S/C24H22Cl2N6O4/c1-13-30-22(32-18-5-3-2-4-15(18)24(33)34)21(23(31-13)35-9-8-27)29-12-20-28-11-19(36-20)16-10-14(25)6-7-17(16)26/h2-7,10-11,29H,8-9,12,27H2,1H3,(H,33,34)(H,30,31,32). The molecule has 0 fully saturated rings. The van der Waals surface area contributed by atoms with Gasteiger partial charge in [0.2, 0.25) is 11.8 Å². The van der Waals surface area contributed by atoms with E-state index in [1.54, 1.807) is 49.5 Å². The summed E-state index contributed by atoms with van der Waals surface area (Å²) in [5.41, 5.74) is 7.04. The second kappa shape index (κ2) is 11.3. The van der Waals surface area contributed by atoms with Crippen LogP contribution >= 0.6 is 23.2 Å². The number of para-hydroxylation sites is 1. The molecule has 2 aromatic heterocycles. The van der Waals surface area contributed by atoms with Crippen LogP contribution in [0.1, 0.15) is 22.1 Å². The van der Waals surface area contributed by atoms with E-state index in [9.17, 15) is 9.90 Å². The highest BCUT2D eigenvalue weighted by Gasteiger charge is 2.19. The van der Waals surface area contributed by atoms with Crippen LogP contribution in [0.25, 0.3) is 11.3 Å².